The highest BCUT2D eigenvalue weighted by Gasteiger charge is 2.13. The van der Waals surface area contributed by atoms with E-state index >= 15 is 0 Å². The molecule has 1 aromatic rings. The monoisotopic (exact) mass is 259 g/mol. The molecule has 104 valence electrons. The molecule has 0 aliphatic carbocycles. The number of hydrogen-bond acceptors (Lipinski definition) is 1. The van der Waals surface area contributed by atoms with Crippen LogP contribution in [-0.4, -0.2) is 12.5 Å². The Labute approximate surface area is 117 Å². The van der Waals surface area contributed by atoms with Gasteiger partial charge in [0.2, 0.25) is 5.91 Å². The van der Waals surface area contributed by atoms with Crippen LogP contribution in [0.15, 0.2) is 43.0 Å². The van der Waals surface area contributed by atoms with Gasteiger partial charge in [0.05, 0.1) is 0 Å². The molecule has 0 spiro atoms. The molecule has 0 aliphatic rings. The fourth-order valence-electron chi connectivity index (χ4n) is 2.10. The van der Waals surface area contributed by atoms with E-state index in [2.05, 4.69) is 13.5 Å². The Morgan fingerprint density at radius 1 is 1.16 bits per heavy atom. The molecule has 0 unspecified atom stereocenters. The number of anilines is 1. The molecule has 0 heterocycles. The predicted octanol–water partition coefficient (Wildman–Crippen LogP) is 4.57. The van der Waals surface area contributed by atoms with Crippen LogP contribution >= 0.6 is 0 Å². The van der Waals surface area contributed by atoms with Gasteiger partial charge in [0.1, 0.15) is 0 Å². The van der Waals surface area contributed by atoms with E-state index in [1.165, 1.54) is 19.3 Å². The van der Waals surface area contributed by atoms with E-state index in [1.54, 1.807) is 6.08 Å². The molecule has 1 amide bonds. The molecular formula is C17H25NO. The first kappa shape index (κ1) is 15.5. The van der Waals surface area contributed by atoms with Crippen molar-refractivity contribution in [1.29, 1.82) is 0 Å². The summed E-state index contributed by atoms with van der Waals surface area (Å²) >= 11 is 0. The molecule has 0 aromatic heterocycles. The van der Waals surface area contributed by atoms with Crippen molar-refractivity contribution >= 4 is 11.6 Å². The minimum Gasteiger partial charge on any atom is -0.309 e. The van der Waals surface area contributed by atoms with E-state index in [-0.39, 0.29) is 5.91 Å². The lowest BCUT2D eigenvalue weighted by Gasteiger charge is -2.21. The molecule has 19 heavy (non-hydrogen) atoms. The second kappa shape index (κ2) is 9.37. The van der Waals surface area contributed by atoms with Crippen LogP contribution in [0.2, 0.25) is 0 Å². The summed E-state index contributed by atoms with van der Waals surface area (Å²) in [5.74, 6) is 0.197. The molecular weight excluding hydrogens is 234 g/mol. The molecule has 1 aromatic carbocycles. The Hall–Kier alpha value is -1.57. The third-order valence-electron chi connectivity index (χ3n) is 3.17. The van der Waals surface area contributed by atoms with Crippen molar-refractivity contribution < 1.29 is 4.79 Å². The molecule has 0 saturated carbocycles. The van der Waals surface area contributed by atoms with Crippen molar-refractivity contribution in [2.75, 3.05) is 11.4 Å². The molecule has 0 N–H and O–H groups in total. The van der Waals surface area contributed by atoms with Crippen molar-refractivity contribution in [3.8, 4) is 0 Å². The van der Waals surface area contributed by atoms with Crippen LogP contribution in [0.4, 0.5) is 5.69 Å². The largest absolute Gasteiger partial charge is 0.309 e. The van der Waals surface area contributed by atoms with E-state index in [0.29, 0.717) is 13.0 Å². The Bertz CT molecular complexity index is 372. The van der Waals surface area contributed by atoms with Crippen LogP contribution in [-0.2, 0) is 4.79 Å². The number of carbonyl (C=O) groups is 1. The van der Waals surface area contributed by atoms with E-state index in [9.17, 15) is 4.79 Å². The van der Waals surface area contributed by atoms with Crippen LogP contribution in [0.1, 0.15) is 45.4 Å². The lowest BCUT2D eigenvalue weighted by molar-refractivity contribution is -0.118. The third kappa shape index (κ3) is 5.73. The van der Waals surface area contributed by atoms with Crippen molar-refractivity contribution in [2.45, 2.75) is 45.4 Å². The van der Waals surface area contributed by atoms with Gasteiger partial charge in [0.25, 0.3) is 0 Å². The average Bonchev–Trinajstić information content (AvgIpc) is 2.45. The van der Waals surface area contributed by atoms with Gasteiger partial charge < -0.3 is 4.90 Å². The quantitative estimate of drug-likeness (QED) is 0.470. The molecule has 0 aliphatic heterocycles. The van der Waals surface area contributed by atoms with Gasteiger partial charge >= 0.3 is 0 Å². The summed E-state index contributed by atoms with van der Waals surface area (Å²) in [4.78, 5) is 14.1. The first-order valence-corrected chi connectivity index (χ1v) is 7.26. The molecule has 0 atom stereocenters. The van der Waals surface area contributed by atoms with E-state index in [0.717, 1.165) is 18.5 Å². The lowest BCUT2D eigenvalue weighted by atomic mass is 10.1. The highest BCUT2D eigenvalue weighted by molar-refractivity contribution is 5.93. The normalized spacial score (nSPS) is 10.2. The van der Waals surface area contributed by atoms with Crippen LogP contribution in [0.3, 0.4) is 0 Å². The summed E-state index contributed by atoms with van der Waals surface area (Å²) in [5.41, 5.74) is 0.959. The Kier molecular flexibility index (Phi) is 7.64. The predicted molar refractivity (Wildman–Crippen MR) is 82.4 cm³/mol. The molecule has 0 fully saturated rings. The summed E-state index contributed by atoms with van der Waals surface area (Å²) in [5, 5.41) is 0. The zero-order valence-electron chi connectivity index (χ0n) is 12.0. The third-order valence-corrected chi connectivity index (χ3v) is 3.17. The zero-order chi connectivity index (χ0) is 13.9. The second-order valence-corrected chi connectivity index (χ2v) is 4.79. The molecule has 2 nitrogen and oxygen atoms in total. The number of nitrogens with zero attached hydrogens (tertiary/aromatic N) is 1. The number of para-hydroxylation sites is 1. The Morgan fingerprint density at radius 3 is 2.47 bits per heavy atom. The number of hydrogen-bond donors (Lipinski definition) is 0. The standard InChI is InChI=1S/C17H25NO/c1-3-5-6-7-11-14-17(19)18(15-4-2)16-12-9-8-10-13-16/h4,8-10,12-13H,2-3,5-7,11,14-15H2,1H3. The molecule has 1 rings (SSSR count). The topological polar surface area (TPSA) is 20.3 Å². The smallest absolute Gasteiger partial charge is 0.227 e. The van der Waals surface area contributed by atoms with Crippen molar-refractivity contribution in [2.24, 2.45) is 0 Å². The lowest BCUT2D eigenvalue weighted by Crippen LogP contribution is -2.30. The SMILES string of the molecule is C=CCN(C(=O)CCCCCCC)c1ccccc1. The summed E-state index contributed by atoms with van der Waals surface area (Å²) < 4.78 is 0. The first-order chi connectivity index (χ1) is 9.29. The van der Waals surface area contributed by atoms with Gasteiger partial charge in [-0.15, -0.1) is 6.58 Å². The van der Waals surface area contributed by atoms with Crippen molar-refractivity contribution in [3.63, 3.8) is 0 Å². The van der Waals surface area contributed by atoms with Gasteiger partial charge in [0.15, 0.2) is 0 Å². The zero-order valence-corrected chi connectivity index (χ0v) is 12.0. The summed E-state index contributed by atoms with van der Waals surface area (Å²) in [7, 11) is 0. The van der Waals surface area contributed by atoms with Gasteiger partial charge in [-0.05, 0) is 18.6 Å². The maximum Gasteiger partial charge on any atom is 0.227 e. The molecule has 0 saturated heterocycles. The number of benzene rings is 1. The van der Waals surface area contributed by atoms with Crippen LogP contribution in [0.5, 0.6) is 0 Å². The van der Waals surface area contributed by atoms with Crippen LogP contribution in [0.25, 0.3) is 0 Å². The number of rotatable bonds is 9. The van der Waals surface area contributed by atoms with E-state index in [4.69, 9.17) is 0 Å². The first-order valence-electron chi connectivity index (χ1n) is 7.26. The van der Waals surface area contributed by atoms with Gasteiger partial charge in [-0.3, -0.25) is 4.79 Å². The summed E-state index contributed by atoms with van der Waals surface area (Å²) in [6.07, 6.45) is 8.28. The molecule has 0 radical (unpaired) electrons. The van der Waals surface area contributed by atoms with Gasteiger partial charge in [-0.1, -0.05) is 56.9 Å². The maximum atomic E-state index is 12.2. The molecule has 0 bridgehead atoms. The fraction of sp³-hybridized carbons (Fsp3) is 0.471. The highest BCUT2D eigenvalue weighted by atomic mass is 16.2. The van der Waals surface area contributed by atoms with E-state index in [1.807, 2.05) is 35.2 Å². The van der Waals surface area contributed by atoms with Crippen LogP contribution < -0.4 is 4.90 Å². The van der Waals surface area contributed by atoms with Crippen molar-refractivity contribution in [3.05, 3.63) is 43.0 Å². The number of carbonyl (C=O) groups excluding carboxylic acids is 1. The van der Waals surface area contributed by atoms with Gasteiger partial charge in [0, 0.05) is 18.7 Å². The second-order valence-electron chi connectivity index (χ2n) is 4.79. The van der Waals surface area contributed by atoms with Crippen LogP contribution in [0, 0.1) is 0 Å². The number of amides is 1. The number of unbranched alkanes of at least 4 members (excludes halogenated alkanes) is 4. The van der Waals surface area contributed by atoms with Crippen molar-refractivity contribution in [1.82, 2.24) is 0 Å². The van der Waals surface area contributed by atoms with E-state index < -0.39 is 0 Å². The summed E-state index contributed by atoms with van der Waals surface area (Å²) in [6.45, 7) is 6.52. The minimum absolute atomic E-state index is 0.197. The highest BCUT2D eigenvalue weighted by Crippen LogP contribution is 2.16. The minimum atomic E-state index is 0.197. The average molecular weight is 259 g/mol. The summed E-state index contributed by atoms with van der Waals surface area (Å²) in [6, 6.07) is 9.82. The van der Waals surface area contributed by atoms with Gasteiger partial charge in [-0.2, -0.15) is 0 Å². The fourth-order valence-corrected chi connectivity index (χ4v) is 2.10. The maximum absolute atomic E-state index is 12.2. The van der Waals surface area contributed by atoms with Gasteiger partial charge in [-0.25, -0.2) is 0 Å². The molecule has 2 heteroatoms. The Morgan fingerprint density at radius 2 is 1.84 bits per heavy atom. The Balaban J connectivity index is 2.47.